The second-order valence-corrected chi connectivity index (χ2v) is 4.49. The summed E-state index contributed by atoms with van der Waals surface area (Å²) in [5, 5.41) is 1.05. The van der Waals surface area contributed by atoms with Gasteiger partial charge in [-0.15, -0.1) is 0 Å². The van der Waals surface area contributed by atoms with Gasteiger partial charge in [-0.2, -0.15) is 0 Å². The van der Waals surface area contributed by atoms with Crippen LogP contribution in [0.15, 0.2) is 60.8 Å². The van der Waals surface area contributed by atoms with Crippen LogP contribution in [0.3, 0.4) is 0 Å². The van der Waals surface area contributed by atoms with Crippen LogP contribution in [0.5, 0.6) is 0 Å². The van der Waals surface area contributed by atoms with Gasteiger partial charge in [0.15, 0.2) is 6.29 Å². The van der Waals surface area contributed by atoms with Crippen LogP contribution >= 0.6 is 0 Å². The molecule has 0 fully saturated rings. The van der Waals surface area contributed by atoms with E-state index in [1.165, 1.54) is 5.56 Å². The highest BCUT2D eigenvalue weighted by Gasteiger charge is 2.08. The van der Waals surface area contributed by atoms with E-state index in [1.54, 1.807) is 6.20 Å². The molecule has 1 aromatic heterocycles. The summed E-state index contributed by atoms with van der Waals surface area (Å²) in [6.45, 7) is 0. The van der Waals surface area contributed by atoms with Crippen LogP contribution in [0.25, 0.3) is 10.9 Å². The van der Waals surface area contributed by atoms with E-state index in [4.69, 9.17) is 0 Å². The lowest BCUT2D eigenvalue weighted by Crippen LogP contribution is -1.98. The van der Waals surface area contributed by atoms with E-state index in [0.717, 1.165) is 29.2 Å². The molecule has 2 aromatic carbocycles. The smallest absolute Gasteiger partial charge is 0.151 e. The van der Waals surface area contributed by atoms with E-state index in [0.29, 0.717) is 5.56 Å². The standard InChI is InChI=1S/C17H13NO/c19-12-14-11-18-17-9-5-4-8-15(17)16(14)10-13-6-2-1-3-7-13/h1-9,11-12H,10H2. The summed E-state index contributed by atoms with van der Waals surface area (Å²) in [6.07, 6.45) is 3.29. The Balaban J connectivity index is 2.17. The number of fused-ring (bicyclic) bond motifs is 1. The minimum atomic E-state index is 0.669. The number of benzene rings is 2. The number of hydrogen-bond acceptors (Lipinski definition) is 2. The molecule has 0 radical (unpaired) electrons. The number of carbonyl (C=O) groups is 1. The maximum atomic E-state index is 11.2. The normalized spacial score (nSPS) is 10.5. The fraction of sp³-hybridized carbons (Fsp3) is 0.0588. The molecule has 0 unspecified atom stereocenters. The van der Waals surface area contributed by atoms with Crippen LogP contribution < -0.4 is 0 Å². The third-order valence-corrected chi connectivity index (χ3v) is 3.27. The molecule has 19 heavy (non-hydrogen) atoms. The van der Waals surface area contributed by atoms with E-state index in [2.05, 4.69) is 17.1 Å². The summed E-state index contributed by atoms with van der Waals surface area (Å²) < 4.78 is 0. The Hall–Kier alpha value is -2.48. The summed E-state index contributed by atoms with van der Waals surface area (Å²) in [5.41, 5.74) is 3.84. The van der Waals surface area contributed by atoms with Crippen molar-refractivity contribution in [3.8, 4) is 0 Å². The van der Waals surface area contributed by atoms with Crippen LogP contribution in [0, 0.1) is 0 Å². The second-order valence-electron chi connectivity index (χ2n) is 4.49. The minimum absolute atomic E-state index is 0.669. The Morgan fingerprint density at radius 3 is 2.47 bits per heavy atom. The summed E-state index contributed by atoms with van der Waals surface area (Å²) in [7, 11) is 0. The number of aldehydes is 1. The van der Waals surface area contributed by atoms with Crippen molar-refractivity contribution in [2.24, 2.45) is 0 Å². The Bertz CT molecular complexity index is 720. The van der Waals surface area contributed by atoms with Gasteiger partial charge in [-0.1, -0.05) is 48.5 Å². The lowest BCUT2D eigenvalue weighted by atomic mass is 9.97. The molecule has 0 amide bonds. The molecular formula is C17H13NO. The highest BCUT2D eigenvalue weighted by Crippen LogP contribution is 2.22. The Morgan fingerprint density at radius 2 is 1.68 bits per heavy atom. The van der Waals surface area contributed by atoms with E-state index >= 15 is 0 Å². The fourth-order valence-electron chi connectivity index (χ4n) is 2.31. The van der Waals surface area contributed by atoms with E-state index in [9.17, 15) is 4.79 Å². The zero-order valence-electron chi connectivity index (χ0n) is 10.4. The monoisotopic (exact) mass is 247 g/mol. The van der Waals surface area contributed by atoms with Gasteiger partial charge in [0, 0.05) is 17.1 Å². The molecule has 0 spiro atoms. The average Bonchev–Trinajstić information content (AvgIpc) is 2.49. The van der Waals surface area contributed by atoms with Crippen LogP contribution in [0.4, 0.5) is 0 Å². The van der Waals surface area contributed by atoms with E-state index in [-0.39, 0.29) is 0 Å². The minimum Gasteiger partial charge on any atom is -0.298 e. The molecule has 3 aromatic rings. The number of para-hydroxylation sites is 1. The zero-order chi connectivity index (χ0) is 13.1. The molecule has 0 saturated heterocycles. The van der Waals surface area contributed by atoms with Crippen molar-refractivity contribution in [3.63, 3.8) is 0 Å². The van der Waals surface area contributed by atoms with Crippen LogP contribution in [-0.4, -0.2) is 11.3 Å². The maximum Gasteiger partial charge on any atom is 0.151 e. The molecular weight excluding hydrogens is 234 g/mol. The largest absolute Gasteiger partial charge is 0.298 e. The van der Waals surface area contributed by atoms with Gasteiger partial charge in [0.2, 0.25) is 0 Å². The van der Waals surface area contributed by atoms with Crippen LogP contribution in [-0.2, 0) is 6.42 Å². The van der Waals surface area contributed by atoms with Crippen molar-refractivity contribution in [2.45, 2.75) is 6.42 Å². The molecule has 92 valence electrons. The first-order valence-corrected chi connectivity index (χ1v) is 6.24. The third kappa shape index (κ3) is 2.25. The highest BCUT2D eigenvalue weighted by atomic mass is 16.1. The maximum absolute atomic E-state index is 11.2. The Labute approximate surface area is 111 Å². The average molecular weight is 247 g/mol. The molecule has 2 nitrogen and oxygen atoms in total. The van der Waals surface area contributed by atoms with Crippen LogP contribution in [0.1, 0.15) is 21.5 Å². The molecule has 0 aliphatic carbocycles. The predicted molar refractivity (Wildman–Crippen MR) is 76.4 cm³/mol. The highest BCUT2D eigenvalue weighted by molar-refractivity contribution is 5.90. The Morgan fingerprint density at radius 1 is 0.947 bits per heavy atom. The van der Waals surface area contributed by atoms with Crippen LogP contribution in [0.2, 0.25) is 0 Å². The van der Waals surface area contributed by atoms with Gasteiger partial charge in [-0.25, -0.2) is 0 Å². The first kappa shape index (κ1) is 11.6. The van der Waals surface area contributed by atoms with Crippen molar-refractivity contribution < 1.29 is 4.79 Å². The first-order valence-electron chi connectivity index (χ1n) is 6.24. The molecule has 2 heteroatoms. The van der Waals surface area contributed by atoms with Gasteiger partial charge in [-0.05, 0) is 23.6 Å². The number of aromatic nitrogens is 1. The zero-order valence-corrected chi connectivity index (χ0v) is 10.4. The van der Waals surface area contributed by atoms with Gasteiger partial charge in [0.05, 0.1) is 5.52 Å². The molecule has 0 bridgehead atoms. The SMILES string of the molecule is O=Cc1cnc2ccccc2c1Cc1ccccc1. The molecule has 0 atom stereocenters. The van der Waals surface area contributed by atoms with Crippen molar-refractivity contribution in [1.29, 1.82) is 0 Å². The summed E-state index contributed by atoms with van der Waals surface area (Å²) in [4.78, 5) is 15.5. The third-order valence-electron chi connectivity index (χ3n) is 3.27. The molecule has 3 rings (SSSR count). The first-order chi connectivity index (χ1) is 9.38. The lowest BCUT2D eigenvalue weighted by molar-refractivity contribution is 0.112. The number of nitrogens with zero attached hydrogens (tertiary/aromatic N) is 1. The lowest BCUT2D eigenvalue weighted by Gasteiger charge is -2.09. The topological polar surface area (TPSA) is 30.0 Å². The summed E-state index contributed by atoms with van der Waals surface area (Å²) in [6, 6.07) is 18.1. The van der Waals surface area contributed by atoms with Gasteiger partial charge in [0.1, 0.15) is 0 Å². The molecule has 0 aliphatic heterocycles. The van der Waals surface area contributed by atoms with Crippen molar-refractivity contribution in [2.75, 3.05) is 0 Å². The van der Waals surface area contributed by atoms with Gasteiger partial charge in [0.25, 0.3) is 0 Å². The fourth-order valence-corrected chi connectivity index (χ4v) is 2.31. The number of rotatable bonds is 3. The summed E-state index contributed by atoms with van der Waals surface area (Å²) in [5.74, 6) is 0. The number of pyridine rings is 1. The van der Waals surface area contributed by atoms with Crippen molar-refractivity contribution in [3.05, 3.63) is 77.5 Å². The number of hydrogen-bond donors (Lipinski definition) is 0. The van der Waals surface area contributed by atoms with Crippen molar-refractivity contribution in [1.82, 2.24) is 4.98 Å². The second kappa shape index (κ2) is 5.02. The van der Waals surface area contributed by atoms with Crippen molar-refractivity contribution >= 4 is 17.2 Å². The van der Waals surface area contributed by atoms with Gasteiger partial charge in [-0.3, -0.25) is 9.78 Å². The number of carbonyl (C=O) groups excluding carboxylic acids is 1. The molecule has 0 saturated carbocycles. The summed E-state index contributed by atoms with van der Waals surface area (Å²) >= 11 is 0. The van der Waals surface area contributed by atoms with E-state index in [1.807, 2.05) is 42.5 Å². The molecule has 0 aliphatic rings. The molecule has 1 heterocycles. The molecule has 0 N–H and O–H groups in total. The Kier molecular flexibility index (Phi) is 3.07. The predicted octanol–water partition coefficient (Wildman–Crippen LogP) is 3.64. The quantitative estimate of drug-likeness (QED) is 0.661. The van der Waals surface area contributed by atoms with Gasteiger partial charge >= 0.3 is 0 Å². The van der Waals surface area contributed by atoms with E-state index < -0.39 is 0 Å². The van der Waals surface area contributed by atoms with Gasteiger partial charge < -0.3 is 0 Å².